The number of fused-ring (bicyclic) bond motifs is 1. The van der Waals surface area contributed by atoms with Crippen LogP contribution in [0, 0.1) is 0 Å². The Labute approximate surface area is 104 Å². The summed E-state index contributed by atoms with van der Waals surface area (Å²) in [5.74, 6) is 0. The number of nitrogens with one attached hydrogen (secondary N) is 1. The molecule has 17 heavy (non-hydrogen) atoms. The Bertz CT molecular complexity index is 255. The topological polar surface area (TPSA) is 27.7 Å². The van der Waals surface area contributed by atoms with E-state index in [4.69, 9.17) is 4.74 Å². The second kappa shape index (κ2) is 5.22. The van der Waals surface area contributed by atoms with Crippen LogP contribution in [0.4, 0.5) is 0 Å². The third-order valence-corrected chi connectivity index (χ3v) is 4.74. The lowest BCUT2D eigenvalue weighted by atomic mass is 9.85. The SMILES string of the molecule is CN1CCOC2CCC(N3CCNCC3)CC21. The van der Waals surface area contributed by atoms with E-state index < -0.39 is 0 Å². The molecule has 1 aliphatic carbocycles. The first-order valence-electron chi connectivity index (χ1n) is 7.11. The van der Waals surface area contributed by atoms with Gasteiger partial charge in [0.25, 0.3) is 0 Å². The van der Waals surface area contributed by atoms with Gasteiger partial charge >= 0.3 is 0 Å². The molecule has 3 unspecified atom stereocenters. The Morgan fingerprint density at radius 2 is 1.94 bits per heavy atom. The van der Waals surface area contributed by atoms with Crippen LogP contribution in [0.25, 0.3) is 0 Å². The molecule has 0 amide bonds. The summed E-state index contributed by atoms with van der Waals surface area (Å²) in [6.45, 7) is 6.82. The Kier molecular flexibility index (Phi) is 3.66. The summed E-state index contributed by atoms with van der Waals surface area (Å²) < 4.78 is 5.92. The minimum Gasteiger partial charge on any atom is -0.375 e. The molecule has 2 heterocycles. The maximum Gasteiger partial charge on any atom is 0.0731 e. The molecular weight excluding hydrogens is 214 g/mol. The Hall–Kier alpha value is -0.160. The molecule has 0 bridgehead atoms. The number of hydrogen-bond acceptors (Lipinski definition) is 4. The zero-order chi connectivity index (χ0) is 11.7. The van der Waals surface area contributed by atoms with Crippen molar-refractivity contribution in [1.82, 2.24) is 15.1 Å². The molecule has 98 valence electrons. The molecule has 3 atom stereocenters. The van der Waals surface area contributed by atoms with Crippen molar-refractivity contribution in [2.45, 2.75) is 37.5 Å². The van der Waals surface area contributed by atoms with Gasteiger partial charge in [-0.15, -0.1) is 0 Å². The van der Waals surface area contributed by atoms with Gasteiger partial charge in [0.1, 0.15) is 0 Å². The van der Waals surface area contributed by atoms with Gasteiger partial charge in [-0.25, -0.2) is 0 Å². The summed E-state index contributed by atoms with van der Waals surface area (Å²) in [4.78, 5) is 5.21. The van der Waals surface area contributed by atoms with Crippen molar-refractivity contribution < 1.29 is 4.74 Å². The molecule has 1 saturated carbocycles. The first-order chi connectivity index (χ1) is 8.34. The van der Waals surface area contributed by atoms with E-state index in [0.717, 1.165) is 32.3 Å². The van der Waals surface area contributed by atoms with Crippen LogP contribution in [0.2, 0.25) is 0 Å². The number of ether oxygens (including phenoxy) is 1. The van der Waals surface area contributed by atoms with Crippen LogP contribution in [-0.2, 0) is 4.74 Å². The Balaban J connectivity index is 1.61. The number of rotatable bonds is 1. The van der Waals surface area contributed by atoms with Crippen molar-refractivity contribution in [2.24, 2.45) is 0 Å². The number of piperazine rings is 1. The van der Waals surface area contributed by atoms with Gasteiger partial charge in [0, 0.05) is 44.8 Å². The minimum absolute atomic E-state index is 0.507. The molecule has 3 aliphatic rings. The van der Waals surface area contributed by atoms with Gasteiger partial charge in [-0.05, 0) is 26.3 Å². The highest BCUT2D eigenvalue weighted by Crippen LogP contribution is 2.30. The highest BCUT2D eigenvalue weighted by Gasteiger charge is 2.38. The highest BCUT2D eigenvalue weighted by atomic mass is 16.5. The Morgan fingerprint density at radius 3 is 2.76 bits per heavy atom. The van der Waals surface area contributed by atoms with Gasteiger partial charge in [0.2, 0.25) is 0 Å². The minimum atomic E-state index is 0.507. The van der Waals surface area contributed by atoms with Crippen molar-refractivity contribution in [2.75, 3.05) is 46.4 Å². The van der Waals surface area contributed by atoms with E-state index >= 15 is 0 Å². The molecule has 3 fully saturated rings. The number of hydrogen-bond donors (Lipinski definition) is 1. The monoisotopic (exact) mass is 239 g/mol. The fourth-order valence-electron chi connectivity index (χ4n) is 3.65. The predicted octanol–water partition coefficient (Wildman–Crippen LogP) is 0.143. The highest BCUT2D eigenvalue weighted by molar-refractivity contribution is 4.93. The van der Waals surface area contributed by atoms with Crippen molar-refractivity contribution in [3.8, 4) is 0 Å². The molecule has 0 aromatic carbocycles. The van der Waals surface area contributed by atoms with E-state index in [1.54, 1.807) is 0 Å². The third-order valence-electron chi connectivity index (χ3n) is 4.74. The summed E-state index contributed by atoms with van der Waals surface area (Å²) >= 11 is 0. The van der Waals surface area contributed by atoms with Crippen LogP contribution >= 0.6 is 0 Å². The van der Waals surface area contributed by atoms with Crippen LogP contribution in [-0.4, -0.2) is 74.4 Å². The summed E-state index contributed by atoms with van der Waals surface area (Å²) in [7, 11) is 2.26. The van der Waals surface area contributed by atoms with Gasteiger partial charge in [-0.3, -0.25) is 9.80 Å². The molecule has 4 nitrogen and oxygen atoms in total. The fourth-order valence-corrected chi connectivity index (χ4v) is 3.65. The normalized spacial score (nSPS) is 41.1. The van der Waals surface area contributed by atoms with Crippen molar-refractivity contribution in [3.63, 3.8) is 0 Å². The first-order valence-corrected chi connectivity index (χ1v) is 7.11. The van der Waals surface area contributed by atoms with E-state index in [1.165, 1.54) is 32.4 Å². The van der Waals surface area contributed by atoms with Crippen LogP contribution < -0.4 is 5.32 Å². The maximum absolute atomic E-state index is 5.92. The Morgan fingerprint density at radius 1 is 1.12 bits per heavy atom. The van der Waals surface area contributed by atoms with Crippen LogP contribution in [0.5, 0.6) is 0 Å². The van der Waals surface area contributed by atoms with Gasteiger partial charge in [0.15, 0.2) is 0 Å². The first kappa shape index (κ1) is 11.9. The number of nitrogens with zero attached hydrogens (tertiary/aromatic N) is 2. The zero-order valence-electron chi connectivity index (χ0n) is 10.9. The molecule has 0 radical (unpaired) electrons. The molecular formula is C13H25N3O. The second-order valence-electron chi connectivity index (χ2n) is 5.71. The van der Waals surface area contributed by atoms with Gasteiger partial charge < -0.3 is 10.1 Å². The zero-order valence-corrected chi connectivity index (χ0v) is 10.9. The lowest BCUT2D eigenvalue weighted by molar-refractivity contribution is -0.0937. The molecule has 0 spiro atoms. The number of morpholine rings is 1. The molecule has 0 aromatic heterocycles. The van der Waals surface area contributed by atoms with Crippen molar-refractivity contribution in [1.29, 1.82) is 0 Å². The molecule has 3 rings (SSSR count). The quantitative estimate of drug-likeness (QED) is 0.705. The summed E-state index contributed by atoms with van der Waals surface area (Å²) in [5, 5.41) is 3.44. The van der Waals surface area contributed by atoms with Gasteiger partial charge in [0.05, 0.1) is 12.7 Å². The standard InChI is InChI=1S/C13H25N3O/c1-15-8-9-17-13-3-2-11(10-12(13)15)16-6-4-14-5-7-16/h11-14H,2-10H2,1H3. The van der Waals surface area contributed by atoms with E-state index in [0.29, 0.717) is 12.1 Å². The lowest BCUT2D eigenvalue weighted by Crippen LogP contribution is -2.57. The van der Waals surface area contributed by atoms with E-state index in [1.807, 2.05) is 0 Å². The average Bonchev–Trinajstić information content (AvgIpc) is 2.40. The van der Waals surface area contributed by atoms with Crippen LogP contribution in [0.1, 0.15) is 19.3 Å². The summed E-state index contributed by atoms with van der Waals surface area (Å²) in [6.07, 6.45) is 4.40. The molecule has 0 aromatic rings. The molecule has 4 heteroatoms. The third kappa shape index (κ3) is 2.50. The molecule has 1 N–H and O–H groups in total. The summed E-state index contributed by atoms with van der Waals surface area (Å²) in [6, 6.07) is 1.46. The van der Waals surface area contributed by atoms with E-state index in [2.05, 4.69) is 22.2 Å². The van der Waals surface area contributed by atoms with Crippen molar-refractivity contribution >= 4 is 0 Å². The smallest absolute Gasteiger partial charge is 0.0731 e. The largest absolute Gasteiger partial charge is 0.375 e. The van der Waals surface area contributed by atoms with Crippen LogP contribution in [0.15, 0.2) is 0 Å². The average molecular weight is 239 g/mol. The van der Waals surface area contributed by atoms with E-state index in [-0.39, 0.29) is 0 Å². The van der Waals surface area contributed by atoms with Gasteiger partial charge in [-0.1, -0.05) is 0 Å². The number of likely N-dealkylation sites (N-methyl/N-ethyl adjacent to an activating group) is 1. The molecule has 2 saturated heterocycles. The second-order valence-corrected chi connectivity index (χ2v) is 5.71. The lowest BCUT2D eigenvalue weighted by Gasteiger charge is -2.47. The summed E-state index contributed by atoms with van der Waals surface area (Å²) in [5.41, 5.74) is 0. The fraction of sp³-hybridized carbons (Fsp3) is 1.00. The predicted molar refractivity (Wildman–Crippen MR) is 68.2 cm³/mol. The maximum atomic E-state index is 5.92. The van der Waals surface area contributed by atoms with Crippen LogP contribution in [0.3, 0.4) is 0 Å². The van der Waals surface area contributed by atoms with Crippen molar-refractivity contribution in [3.05, 3.63) is 0 Å². The van der Waals surface area contributed by atoms with Gasteiger partial charge in [-0.2, -0.15) is 0 Å². The molecule has 2 aliphatic heterocycles. The van der Waals surface area contributed by atoms with E-state index in [9.17, 15) is 0 Å².